The summed E-state index contributed by atoms with van der Waals surface area (Å²) in [5.74, 6) is 0.265. The van der Waals surface area contributed by atoms with Crippen molar-refractivity contribution in [2.24, 2.45) is 0 Å². The van der Waals surface area contributed by atoms with Gasteiger partial charge in [-0.05, 0) is 19.8 Å². The number of carbonyl (C=O) groups is 1. The van der Waals surface area contributed by atoms with Crippen LogP contribution in [0.2, 0.25) is 0 Å². The number of carbonyl (C=O) groups excluding carboxylic acids is 1. The van der Waals surface area contributed by atoms with Crippen molar-refractivity contribution in [3.63, 3.8) is 0 Å². The van der Waals surface area contributed by atoms with Gasteiger partial charge in [-0.1, -0.05) is 25.7 Å². The molecule has 0 amide bonds. The number of hydrogen-bond donors (Lipinski definition) is 2. The number of rotatable bonds is 9. The molecule has 0 heterocycles. The lowest BCUT2D eigenvalue weighted by molar-refractivity contribution is -0.117. The number of hydrogen-bond acceptors (Lipinski definition) is 3. The quantitative estimate of drug-likeness (QED) is 0.559. The molecule has 1 atom stereocenters. The summed E-state index contributed by atoms with van der Waals surface area (Å²) >= 11 is 0. The maximum Gasteiger partial charge on any atom is 0.129 e. The molecule has 0 saturated heterocycles. The van der Waals surface area contributed by atoms with Gasteiger partial charge >= 0.3 is 0 Å². The van der Waals surface area contributed by atoms with Gasteiger partial charge in [-0.25, -0.2) is 0 Å². The highest BCUT2D eigenvalue weighted by atomic mass is 16.3. The lowest BCUT2D eigenvalue weighted by atomic mass is 10.1. The minimum absolute atomic E-state index is 0.135. The van der Waals surface area contributed by atoms with Crippen LogP contribution in [-0.4, -0.2) is 28.7 Å². The van der Waals surface area contributed by atoms with Crippen LogP contribution in [-0.2, 0) is 4.79 Å². The Balaban J connectivity index is 3.02. The van der Waals surface area contributed by atoms with Crippen LogP contribution in [0.3, 0.4) is 0 Å². The first-order valence-corrected chi connectivity index (χ1v) is 5.45. The minimum atomic E-state index is -0.549. The molecule has 0 bridgehead atoms. The van der Waals surface area contributed by atoms with Crippen LogP contribution >= 0.6 is 0 Å². The number of aliphatic hydroxyl groups excluding tert-OH is 2. The fourth-order valence-electron chi connectivity index (χ4n) is 1.38. The SMILES string of the molecule is CC(=O)CCCCCCCC(O)CO. The van der Waals surface area contributed by atoms with Gasteiger partial charge in [-0.15, -0.1) is 0 Å². The van der Waals surface area contributed by atoms with Gasteiger partial charge in [0.1, 0.15) is 5.78 Å². The maximum absolute atomic E-state index is 10.6. The molecule has 0 radical (unpaired) electrons. The molecule has 0 aromatic heterocycles. The molecular formula is C11H22O3. The van der Waals surface area contributed by atoms with Crippen LogP contribution in [0.4, 0.5) is 0 Å². The number of unbranched alkanes of at least 4 members (excludes halogenated alkanes) is 4. The van der Waals surface area contributed by atoms with Gasteiger partial charge in [-0.2, -0.15) is 0 Å². The Morgan fingerprint density at radius 2 is 1.71 bits per heavy atom. The normalized spacial score (nSPS) is 12.8. The molecule has 14 heavy (non-hydrogen) atoms. The van der Waals surface area contributed by atoms with Crippen molar-refractivity contribution in [3.05, 3.63) is 0 Å². The number of ketones is 1. The minimum Gasteiger partial charge on any atom is -0.394 e. The van der Waals surface area contributed by atoms with Crippen LogP contribution in [0, 0.1) is 0 Å². The molecule has 0 aliphatic heterocycles. The number of aliphatic hydroxyl groups is 2. The third-order valence-corrected chi connectivity index (χ3v) is 2.28. The molecule has 0 fully saturated rings. The fourth-order valence-corrected chi connectivity index (χ4v) is 1.38. The largest absolute Gasteiger partial charge is 0.394 e. The Hall–Kier alpha value is -0.410. The van der Waals surface area contributed by atoms with E-state index in [-0.39, 0.29) is 12.4 Å². The Kier molecular flexibility index (Phi) is 8.89. The Labute approximate surface area is 86.1 Å². The van der Waals surface area contributed by atoms with Gasteiger partial charge in [0.2, 0.25) is 0 Å². The summed E-state index contributed by atoms with van der Waals surface area (Å²) in [4.78, 5) is 10.6. The standard InChI is InChI=1S/C11H22O3/c1-10(13)7-5-3-2-4-6-8-11(14)9-12/h11-12,14H,2-9H2,1H3. The highest BCUT2D eigenvalue weighted by Crippen LogP contribution is 2.08. The lowest BCUT2D eigenvalue weighted by Gasteiger charge is -2.05. The average Bonchev–Trinajstić information content (AvgIpc) is 2.15. The van der Waals surface area contributed by atoms with Gasteiger partial charge < -0.3 is 15.0 Å². The molecule has 0 aromatic carbocycles. The van der Waals surface area contributed by atoms with Crippen LogP contribution < -0.4 is 0 Å². The molecule has 0 rings (SSSR count). The lowest BCUT2D eigenvalue weighted by Crippen LogP contribution is -2.10. The molecule has 0 aliphatic carbocycles. The summed E-state index contributed by atoms with van der Waals surface area (Å²) in [6, 6.07) is 0. The fraction of sp³-hybridized carbons (Fsp3) is 0.909. The van der Waals surface area contributed by atoms with Crippen LogP contribution in [0.1, 0.15) is 51.9 Å². The van der Waals surface area contributed by atoms with Crippen molar-refractivity contribution in [1.82, 2.24) is 0 Å². The first kappa shape index (κ1) is 13.6. The summed E-state index contributed by atoms with van der Waals surface area (Å²) in [6.07, 6.45) is 6.06. The van der Waals surface area contributed by atoms with E-state index in [4.69, 9.17) is 10.2 Å². The van der Waals surface area contributed by atoms with E-state index in [2.05, 4.69) is 0 Å². The van der Waals surface area contributed by atoms with Crippen molar-refractivity contribution in [1.29, 1.82) is 0 Å². The molecule has 0 aliphatic rings. The third-order valence-electron chi connectivity index (χ3n) is 2.28. The molecule has 0 saturated carbocycles. The summed E-state index contributed by atoms with van der Waals surface area (Å²) in [5.41, 5.74) is 0. The van der Waals surface area contributed by atoms with Gasteiger partial charge in [0, 0.05) is 6.42 Å². The zero-order valence-electron chi connectivity index (χ0n) is 9.04. The summed E-state index contributed by atoms with van der Waals surface area (Å²) < 4.78 is 0. The first-order chi connectivity index (χ1) is 6.66. The molecular weight excluding hydrogens is 180 g/mol. The number of Topliss-reactive ketones (excluding diaryl/α,β-unsaturated/α-hetero) is 1. The highest BCUT2D eigenvalue weighted by molar-refractivity contribution is 5.75. The van der Waals surface area contributed by atoms with Gasteiger partial charge in [-0.3, -0.25) is 0 Å². The summed E-state index contributed by atoms with van der Waals surface area (Å²) in [6.45, 7) is 1.49. The van der Waals surface area contributed by atoms with Crippen molar-refractivity contribution in [3.8, 4) is 0 Å². The van der Waals surface area contributed by atoms with Gasteiger partial charge in [0.15, 0.2) is 0 Å². The van der Waals surface area contributed by atoms with Crippen molar-refractivity contribution >= 4 is 5.78 Å². The highest BCUT2D eigenvalue weighted by Gasteiger charge is 2.00. The second-order valence-corrected chi connectivity index (χ2v) is 3.84. The van der Waals surface area contributed by atoms with Gasteiger partial charge in [0.05, 0.1) is 12.7 Å². The molecule has 2 N–H and O–H groups in total. The molecule has 3 heteroatoms. The predicted molar refractivity (Wildman–Crippen MR) is 56.1 cm³/mol. The van der Waals surface area contributed by atoms with Crippen molar-refractivity contribution in [2.45, 2.75) is 58.0 Å². The van der Waals surface area contributed by atoms with E-state index in [1.807, 2.05) is 0 Å². The van der Waals surface area contributed by atoms with Gasteiger partial charge in [0.25, 0.3) is 0 Å². The van der Waals surface area contributed by atoms with E-state index in [1.54, 1.807) is 6.92 Å². The molecule has 1 unspecified atom stereocenters. The first-order valence-electron chi connectivity index (χ1n) is 5.45. The molecule has 3 nitrogen and oxygen atoms in total. The smallest absolute Gasteiger partial charge is 0.129 e. The van der Waals surface area contributed by atoms with Crippen LogP contribution in [0.25, 0.3) is 0 Å². The monoisotopic (exact) mass is 202 g/mol. The molecule has 84 valence electrons. The van der Waals surface area contributed by atoms with E-state index < -0.39 is 6.10 Å². The van der Waals surface area contributed by atoms with Crippen LogP contribution in [0.5, 0.6) is 0 Å². The van der Waals surface area contributed by atoms with E-state index in [0.717, 1.165) is 32.1 Å². The maximum atomic E-state index is 10.6. The molecule has 0 spiro atoms. The van der Waals surface area contributed by atoms with E-state index in [1.165, 1.54) is 0 Å². The third kappa shape index (κ3) is 9.68. The molecule has 0 aromatic rings. The predicted octanol–water partition coefficient (Wildman–Crippen LogP) is 1.66. The topological polar surface area (TPSA) is 57.5 Å². The summed E-state index contributed by atoms with van der Waals surface area (Å²) in [5, 5.41) is 17.6. The second-order valence-electron chi connectivity index (χ2n) is 3.84. The van der Waals surface area contributed by atoms with E-state index in [9.17, 15) is 4.79 Å². The average molecular weight is 202 g/mol. The summed E-state index contributed by atoms with van der Waals surface area (Å²) in [7, 11) is 0. The van der Waals surface area contributed by atoms with Crippen molar-refractivity contribution in [2.75, 3.05) is 6.61 Å². The zero-order valence-corrected chi connectivity index (χ0v) is 9.04. The van der Waals surface area contributed by atoms with E-state index in [0.29, 0.717) is 12.8 Å². The Morgan fingerprint density at radius 1 is 1.14 bits per heavy atom. The van der Waals surface area contributed by atoms with E-state index >= 15 is 0 Å². The second kappa shape index (κ2) is 9.16. The van der Waals surface area contributed by atoms with Crippen LogP contribution in [0.15, 0.2) is 0 Å². The Morgan fingerprint density at radius 3 is 2.29 bits per heavy atom. The zero-order chi connectivity index (χ0) is 10.8. The van der Waals surface area contributed by atoms with Crippen molar-refractivity contribution < 1.29 is 15.0 Å². The Bertz CT molecular complexity index is 145.